The second-order valence-electron chi connectivity index (χ2n) is 4.36. The van der Waals surface area contributed by atoms with E-state index in [1.807, 2.05) is 19.1 Å². The van der Waals surface area contributed by atoms with Gasteiger partial charge in [-0.2, -0.15) is 5.26 Å². The molecule has 0 aliphatic carbocycles. The summed E-state index contributed by atoms with van der Waals surface area (Å²) in [6.07, 6.45) is 1.67. The highest BCUT2D eigenvalue weighted by Crippen LogP contribution is 2.33. The van der Waals surface area contributed by atoms with Crippen molar-refractivity contribution in [3.63, 3.8) is 0 Å². The summed E-state index contributed by atoms with van der Waals surface area (Å²) in [4.78, 5) is 0. The summed E-state index contributed by atoms with van der Waals surface area (Å²) in [6, 6.07) is 6.36. The summed E-state index contributed by atoms with van der Waals surface area (Å²) in [5, 5.41) is 9.01. The Hall–Kier alpha value is -1.69. The van der Waals surface area contributed by atoms with Gasteiger partial charge in [0.1, 0.15) is 13.2 Å². The lowest BCUT2D eigenvalue weighted by Crippen LogP contribution is -2.16. The maximum Gasteiger partial charge on any atom is 0.161 e. The fourth-order valence-electron chi connectivity index (χ4n) is 2.00. The monoisotopic (exact) mass is 231 g/mol. The van der Waals surface area contributed by atoms with Crippen molar-refractivity contribution in [3.8, 4) is 17.6 Å². The van der Waals surface area contributed by atoms with Crippen LogP contribution in [0.2, 0.25) is 0 Å². The number of hydrogen-bond donors (Lipinski definition) is 0. The number of nitrogens with zero attached hydrogens (tertiary/aromatic N) is 1. The standard InChI is InChI=1S/C14H17NO2/c1-3-11(9-15)7-12-8-14-13(6-10(12)2)16-4-5-17-14/h6,8,11H,3-5,7H2,1-2H3. The van der Waals surface area contributed by atoms with Gasteiger partial charge >= 0.3 is 0 Å². The summed E-state index contributed by atoms with van der Waals surface area (Å²) < 4.78 is 11.1. The van der Waals surface area contributed by atoms with Crippen LogP contribution in [-0.2, 0) is 6.42 Å². The third-order valence-corrected chi connectivity index (χ3v) is 3.14. The zero-order chi connectivity index (χ0) is 12.3. The van der Waals surface area contributed by atoms with Crippen molar-refractivity contribution in [2.24, 2.45) is 5.92 Å². The van der Waals surface area contributed by atoms with E-state index in [1.54, 1.807) is 0 Å². The van der Waals surface area contributed by atoms with Gasteiger partial charge < -0.3 is 9.47 Å². The van der Waals surface area contributed by atoms with Gasteiger partial charge in [0.15, 0.2) is 11.5 Å². The molecule has 0 bridgehead atoms. The predicted molar refractivity (Wildman–Crippen MR) is 65.3 cm³/mol. The largest absolute Gasteiger partial charge is 0.486 e. The molecule has 0 fully saturated rings. The van der Waals surface area contributed by atoms with Crippen LogP contribution >= 0.6 is 0 Å². The maximum atomic E-state index is 9.01. The van der Waals surface area contributed by atoms with Crippen LogP contribution < -0.4 is 9.47 Å². The number of fused-ring (bicyclic) bond motifs is 1. The predicted octanol–water partition coefficient (Wildman–Crippen LogP) is 2.86. The molecule has 1 aromatic carbocycles. The number of rotatable bonds is 3. The van der Waals surface area contributed by atoms with E-state index in [-0.39, 0.29) is 5.92 Å². The van der Waals surface area contributed by atoms with E-state index >= 15 is 0 Å². The number of nitriles is 1. The normalized spacial score (nSPS) is 15.1. The molecule has 1 aliphatic rings. The molecule has 1 aromatic rings. The average Bonchev–Trinajstić information content (AvgIpc) is 2.36. The van der Waals surface area contributed by atoms with E-state index in [0.29, 0.717) is 13.2 Å². The summed E-state index contributed by atoms with van der Waals surface area (Å²) in [5.41, 5.74) is 2.35. The van der Waals surface area contributed by atoms with E-state index in [9.17, 15) is 0 Å². The number of ether oxygens (including phenoxy) is 2. The van der Waals surface area contributed by atoms with Crippen molar-refractivity contribution >= 4 is 0 Å². The minimum Gasteiger partial charge on any atom is -0.486 e. The summed E-state index contributed by atoms with van der Waals surface area (Å²) in [7, 11) is 0. The molecule has 0 aromatic heterocycles. The van der Waals surface area contributed by atoms with E-state index in [2.05, 4.69) is 13.0 Å². The second-order valence-corrected chi connectivity index (χ2v) is 4.36. The van der Waals surface area contributed by atoms with Gasteiger partial charge in [0, 0.05) is 0 Å². The molecule has 1 heterocycles. The molecule has 3 heteroatoms. The Labute approximate surface area is 102 Å². The van der Waals surface area contributed by atoms with Gasteiger partial charge in [-0.05, 0) is 43.0 Å². The molecule has 1 atom stereocenters. The van der Waals surface area contributed by atoms with E-state index in [1.165, 1.54) is 11.1 Å². The van der Waals surface area contributed by atoms with E-state index in [4.69, 9.17) is 14.7 Å². The Morgan fingerprint density at radius 2 is 1.94 bits per heavy atom. The minimum atomic E-state index is 0.0799. The molecular weight excluding hydrogens is 214 g/mol. The molecule has 1 unspecified atom stereocenters. The number of benzene rings is 1. The molecule has 2 rings (SSSR count). The zero-order valence-electron chi connectivity index (χ0n) is 10.3. The van der Waals surface area contributed by atoms with Crippen molar-refractivity contribution in [1.82, 2.24) is 0 Å². The second kappa shape index (κ2) is 5.09. The van der Waals surface area contributed by atoms with E-state index in [0.717, 1.165) is 24.3 Å². The lowest BCUT2D eigenvalue weighted by Gasteiger charge is -2.20. The Balaban J connectivity index is 2.26. The summed E-state index contributed by atoms with van der Waals surface area (Å²) >= 11 is 0. The fraction of sp³-hybridized carbons (Fsp3) is 0.500. The van der Waals surface area contributed by atoms with Crippen LogP contribution in [0.25, 0.3) is 0 Å². The first-order chi connectivity index (χ1) is 8.24. The van der Waals surface area contributed by atoms with Gasteiger partial charge in [0.2, 0.25) is 0 Å². The van der Waals surface area contributed by atoms with Gasteiger partial charge in [-0.15, -0.1) is 0 Å². The third-order valence-electron chi connectivity index (χ3n) is 3.14. The van der Waals surface area contributed by atoms with Crippen LogP contribution in [0.4, 0.5) is 0 Å². The molecule has 0 spiro atoms. The van der Waals surface area contributed by atoms with Crippen LogP contribution in [0.3, 0.4) is 0 Å². The van der Waals surface area contributed by atoms with Gasteiger partial charge in [-0.1, -0.05) is 6.92 Å². The SMILES string of the molecule is CCC(C#N)Cc1cc2c(cc1C)OCCO2. The van der Waals surface area contributed by atoms with Gasteiger partial charge in [-0.25, -0.2) is 0 Å². The molecule has 0 N–H and O–H groups in total. The minimum absolute atomic E-state index is 0.0799. The van der Waals surface area contributed by atoms with Crippen molar-refractivity contribution in [2.75, 3.05) is 13.2 Å². The molecule has 1 aliphatic heterocycles. The molecule has 0 radical (unpaired) electrons. The van der Waals surface area contributed by atoms with Crippen LogP contribution in [0, 0.1) is 24.2 Å². The maximum absolute atomic E-state index is 9.01. The van der Waals surface area contributed by atoms with Crippen LogP contribution in [0.15, 0.2) is 12.1 Å². The van der Waals surface area contributed by atoms with Crippen molar-refractivity contribution < 1.29 is 9.47 Å². The topological polar surface area (TPSA) is 42.2 Å². The average molecular weight is 231 g/mol. The summed E-state index contributed by atoms with van der Waals surface area (Å²) in [6.45, 7) is 5.31. The first-order valence-electron chi connectivity index (χ1n) is 6.03. The smallest absolute Gasteiger partial charge is 0.161 e. The van der Waals surface area contributed by atoms with Crippen LogP contribution in [0.1, 0.15) is 24.5 Å². The first kappa shape index (κ1) is 11.8. The molecular formula is C14H17NO2. The Kier molecular flexibility index (Phi) is 3.53. The Morgan fingerprint density at radius 3 is 2.53 bits per heavy atom. The fourth-order valence-corrected chi connectivity index (χ4v) is 2.00. The molecule has 0 saturated heterocycles. The molecule has 0 saturated carbocycles. The Morgan fingerprint density at radius 1 is 1.29 bits per heavy atom. The zero-order valence-corrected chi connectivity index (χ0v) is 10.3. The van der Waals surface area contributed by atoms with Gasteiger partial charge in [0.05, 0.1) is 12.0 Å². The highest BCUT2D eigenvalue weighted by molar-refractivity contribution is 5.48. The highest BCUT2D eigenvalue weighted by Gasteiger charge is 2.16. The lowest BCUT2D eigenvalue weighted by molar-refractivity contribution is 0.171. The van der Waals surface area contributed by atoms with E-state index < -0.39 is 0 Å². The molecule has 17 heavy (non-hydrogen) atoms. The summed E-state index contributed by atoms with van der Waals surface area (Å²) in [5.74, 6) is 1.71. The molecule has 0 amide bonds. The third kappa shape index (κ3) is 2.52. The first-order valence-corrected chi connectivity index (χ1v) is 6.03. The van der Waals surface area contributed by atoms with Crippen molar-refractivity contribution in [2.45, 2.75) is 26.7 Å². The number of hydrogen-bond acceptors (Lipinski definition) is 3. The highest BCUT2D eigenvalue weighted by atomic mass is 16.6. The Bertz CT molecular complexity index is 448. The van der Waals surface area contributed by atoms with Crippen LogP contribution in [-0.4, -0.2) is 13.2 Å². The quantitative estimate of drug-likeness (QED) is 0.803. The lowest BCUT2D eigenvalue weighted by atomic mass is 9.95. The number of aryl methyl sites for hydroxylation is 1. The van der Waals surface area contributed by atoms with Gasteiger partial charge in [-0.3, -0.25) is 0 Å². The van der Waals surface area contributed by atoms with Crippen molar-refractivity contribution in [3.05, 3.63) is 23.3 Å². The molecule has 90 valence electrons. The van der Waals surface area contributed by atoms with Crippen molar-refractivity contribution in [1.29, 1.82) is 5.26 Å². The van der Waals surface area contributed by atoms with Crippen LogP contribution in [0.5, 0.6) is 11.5 Å². The molecule has 3 nitrogen and oxygen atoms in total. The van der Waals surface area contributed by atoms with Gasteiger partial charge in [0.25, 0.3) is 0 Å².